The summed E-state index contributed by atoms with van der Waals surface area (Å²) in [4.78, 5) is 7.67. The highest BCUT2D eigenvalue weighted by molar-refractivity contribution is 6.03. The van der Waals surface area contributed by atoms with E-state index in [1.807, 2.05) is 18.2 Å². The Labute approximate surface area is 161 Å². The van der Waals surface area contributed by atoms with Gasteiger partial charge in [-0.1, -0.05) is 48.9 Å². The van der Waals surface area contributed by atoms with E-state index in [2.05, 4.69) is 48.3 Å². The maximum Gasteiger partial charge on any atom is 0.124 e. The highest BCUT2D eigenvalue weighted by Gasteiger charge is 2.40. The number of phenols is 1. The number of para-hydroxylation sites is 1. The van der Waals surface area contributed by atoms with Crippen molar-refractivity contribution in [3.05, 3.63) is 65.2 Å². The molecule has 4 nitrogen and oxygen atoms in total. The van der Waals surface area contributed by atoms with Gasteiger partial charge in [0.2, 0.25) is 0 Å². The van der Waals surface area contributed by atoms with Crippen LogP contribution in [0.5, 0.6) is 5.75 Å². The summed E-state index contributed by atoms with van der Waals surface area (Å²) in [5.41, 5.74) is 4.21. The van der Waals surface area contributed by atoms with E-state index in [-0.39, 0.29) is 11.7 Å². The van der Waals surface area contributed by atoms with Gasteiger partial charge in [-0.25, -0.2) is 0 Å². The van der Waals surface area contributed by atoms with Crippen molar-refractivity contribution in [2.75, 3.05) is 19.6 Å². The number of nitrogens with zero attached hydrogens (tertiary/aromatic N) is 2. The number of likely N-dealkylation sites (tertiary alicyclic amines) is 1. The van der Waals surface area contributed by atoms with Crippen molar-refractivity contribution < 1.29 is 5.11 Å². The average molecular weight is 364 g/mol. The number of aromatic hydroxyl groups is 1. The Balaban J connectivity index is 1.70. The van der Waals surface area contributed by atoms with E-state index in [0.29, 0.717) is 5.75 Å². The van der Waals surface area contributed by atoms with Gasteiger partial charge in [0.15, 0.2) is 0 Å². The van der Waals surface area contributed by atoms with Crippen LogP contribution in [0.1, 0.15) is 48.9 Å². The summed E-state index contributed by atoms with van der Waals surface area (Å²) in [5.74, 6) is 0.321. The number of phenolic OH excluding ortho intramolecular Hbond substituents is 1. The Morgan fingerprint density at radius 2 is 1.81 bits per heavy atom. The lowest BCUT2D eigenvalue weighted by Gasteiger charge is -2.45. The van der Waals surface area contributed by atoms with Gasteiger partial charge in [-0.3, -0.25) is 10.3 Å². The molecule has 142 valence electrons. The van der Waals surface area contributed by atoms with E-state index in [0.717, 1.165) is 50.2 Å². The van der Waals surface area contributed by atoms with Crippen molar-refractivity contribution in [1.29, 1.82) is 0 Å². The molecule has 0 radical (unpaired) electrons. The van der Waals surface area contributed by atoms with Gasteiger partial charge in [-0.2, -0.15) is 0 Å². The zero-order valence-electron chi connectivity index (χ0n) is 16.3. The van der Waals surface area contributed by atoms with Gasteiger partial charge < -0.3 is 10.0 Å². The third-order valence-corrected chi connectivity index (χ3v) is 6.01. The summed E-state index contributed by atoms with van der Waals surface area (Å²) < 4.78 is 0. The van der Waals surface area contributed by atoms with Crippen LogP contribution in [0.25, 0.3) is 0 Å². The summed E-state index contributed by atoms with van der Waals surface area (Å²) in [5, 5.41) is 14.3. The van der Waals surface area contributed by atoms with Crippen LogP contribution in [0, 0.1) is 6.92 Å². The number of aryl methyl sites for hydroxylation is 1. The molecule has 0 amide bonds. The lowest BCUT2D eigenvalue weighted by molar-refractivity contribution is 0.129. The lowest BCUT2D eigenvalue weighted by Crippen LogP contribution is -2.56. The van der Waals surface area contributed by atoms with Gasteiger partial charge in [0.05, 0.1) is 0 Å². The third kappa shape index (κ3) is 3.78. The molecule has 1 spiro atoms. The van der Waals surface area contributed by atoms with E-state index in [1.54, 1.807) is 6.07 Å². The van der Waals surface area contributed by atoms with Gasteiger partial charge >= 0.3 is 0 Å². The summed E-state index contributed by atoms with van der Waals surface area (Å²) >= 11 is 0. The Hall–Kier alpha value is -2.17. The first kappa shape index (κ1) is 18.2. The van der Waals surface area contributed by atoms with Crippen molar-refractivity contribution in [1.82, 2.24) is 10.2 Å². The average Bonchev–Trinajstić information content (AvgIpc) is 2.69. The second-order valence-electron chi connectivity index (χ2n) is 7.85. The number of piperidine rings is 1. The molecule has 0 unspecified atom stereocenters. The van der Waals surface area contributed by atoms with Crippen molar-refractivity contribution in [2.45, 2.75) is 44.8 Å². The van der Waals surface area contributed by atoms with Gasteiger partial charge in [-0.15, -0.1) is 0 Å². The molecule has 2 aromatic rings. The molecule has 1 fully saturated rings. The Morgan fingerprint density at radius 1 is 1.11 bits per heavy atom. The number of rotatable bonds is 3. The minimum absolute atomic E-state index is 0.214. The van der Waals surface area contributed by atoms with E-state index < -0.39 is 0 Å². The quantitative estimate of drug-likeness (QED) is 0.865. The topological polar surface area (TPSA) is 47.9 Å². The van der Waals surface area contributed by atoms with Crippen molar-refractivity contribution >= 4 is 5.71 Å². The molecule has 2 N–H and O–H groups in total. The summed E-state index contributed by atoms with van der Waals surface area (Å²) in [6.07, 6.45) is 2.79. The molecule has 1 atom stereocenters. The lowest BCUT2D eigenvalue weighted by atomic mass is 9.87. The fourth-order valence-corrected chi connectivity index (χ4v) is 4.29. The molecule has 1 saturated heterocycles. The number of nitrogens with one attached hydrogen (secondary N) is 1. The van der Waals surface area contributed by atoms with Crippen LogP contribution in [-0.4, -0.2) is 41.0 Å². The first-order valence-corrected chi connectivity index (χ1v) is 10.0. The molecule has 2 aliphatic heterocycles. The molecule has 4 heteroatoms. The Morgan fingerprint density at radius 3 is 2.48 bits per heavy atom. The van der Waals surface area contributed by atoms with Crippen molar-refractivity contribution in [2.24, 2.45) is 4.99 Å². The number of benzene rings is 2. The number of hydrogen-bond donors (Lipinski definition) is 2. The SMILES string of the molecule is CCN1CCC2(CC1)N=C(c1ccccc1O)C[C@H](c1ccc(C)cc1)N2. The molecule has 0 bridgehead atoms. The number of hydrogen-bond acceptors (Lipinski definition) is 4. The second kappa shape index (κ2) is 7.45. The van der Waals surface area contributed by atoms with Gasteiger partial charge in [0.1, 0.15) is 11.4 Å². The first-order chi connectivity index (χ1) is 13.1. The maximum atomic E-state index is 10.4. The molecule has 0 aliphatic carbocycles. The molecule has 0 aromatic heterocycles. The summed E-state index contributed by atoms with van der Waals surface area (Å²) in [6.45, 7) is 7.55. The van der Waals surface area contributed by atoms with Crippen LogP contribution in [0.4, 0.5) is 0 Å². The first-order valence-electron chi connectivity index (χ1n) is 10.0. The molecule has 2 aliphatic rings. The molecule has 2 aromatic carbocycles. The van der Waals surface area contributed by atoms with Gasteiger partial charge in [0.25, 0.3) is 0 Å². The summed E-state index contributed by atoms with van der Waals surface area (Å²) in [6, 6.07) is 16.6. The zero-order chi connectivity index (χ0) is 18.9. The molecular weight excluding hydrogens is 334 g/mol. The van der Waals surface area contributed by atoms with Crippen LogP contribution in [0.2, 0.25) is 0 Å². The largest absolute Gasteiger partial charge is 0.507 e. The monoisotopic (exact) mass is 363 g/mol. The van der Waals surface area contributed by atoms with E-state index in [9.17, 15) is 5.11 Å². The predicted octanol–water partition coefficient (Wildman–Crippen LogP) is 4.04. The fourth-order valence-electron chi connectivity index (χ4n) is 4.29. The normalized spacial score (nSPS) is 22.6. The molecular formula is C23H29N3O. The molecule has 4 rings (SSSR count). The minimum atomic E-state index is -0.239. The highest BCUT2D eigenvalue weighted by atomic mass is 16.3. The fraction of sp³-hybridized carbons (Fsp3) is 0.435. The molecule has 0 saturated carbocycles. The molecule has 27 heavy (non-hydrogen) atoms. The molecule has 2 heterocycles. The Kier molecular flexibility index (Phi) is 5.02. The van der Waals surface area contributed by atoms with Crippen molar-refractivity contribution in [3.8, 4) is 5.75 Å². The zero-order valence-corrected chi connectivity index (χ0v) is 16.3. The van der Waals surface area contributed by atoms with E-state index in [4.69, 9.17) is 4.99 Å². The van der Waals surface area contributed by atoms with Crippen LogP contribution < -0.4 is 5.32 Å². The third-order valence-electron chi connectivity index (χ3n) is 6.01. The minimum Gasteiger partial charge on any atom is -0.507 e. The van der Waals surface area contributed by atoms with Crippen LogP contribution in [-0.2, 0) is 0 Å². The maximum absolute atomic E-state index is 10.4. The summed E-state index contributed by atoms with van der Waals surface area (Å²) in [7, 11) is 0. The van der Waals surface area contributed by atoms with Crippen LogP contribution >= 0.6 is 0 Å². The van der Waals surface area contributed by atoms with Crippen LogP contribution in [0.3, 0.4) is 0 Å². The standard InChI is InChI=1S/C23H29N3O/c1-3-26-14-12-23(13-15-26)24-20(18-10-8-17(2)9-11-18)16-21(25-23)19-6-4-5-7-22(19)27/h4-11,20,24,27H,3,12-16H2,1-2H3/t20-/m1/s1. The van der Waals surface area contributed by atoms with Gasteiger partial charge in [-0.05, 0) is 44.0 Å². The Bertz CT molecular complexity index is 820. The van der Waals surface area contributed by atoms with Crippen LogP contribution in [0.15, 0.2) is 53.5 Å². The smallest absolute Gasteiger partial charge is 0.124 e. The second-order valence-corrected chi connectivity index (χ2v) is 7.85. The van der Waals surface area contributed by atoms with Crippen molar-refractivity contribution in [3.63, 3.8) is 0 Å². The number of aliphatic imine (C=N–C) groups is 1. The van der Waals surface area contributed by atoms with E-state index in [1.165, 1.54) is 11.1 Å². The van der Waals surface area contributed by atoms with E-state index >= 15 is 0 Å². The highest BCUT2D eigenvalue weighted by Crippen LogP contribution is 2.36. The van der Waals surface area contributed by atoms with Gasteiger partial charge in [0, 0.05) is 36.8 Å². The predicted molar refractivity (Wildman–Crippen MR) is 110 cm³/mol.